The third-order valence-electron chi connectivity index (χ3n) is 3.97. The zero-order valence-electron chi connectivity index (χ0n) is 14.1. The first-order valence-electron chi connectivity index (χ1n) is 7.71. The molecule has 3 heteroatoms. The van der Waals surface area contributed by atoms with E-state index in [1.54, 1.807) is 12.1 Å². The number of benzene rings is 1. The molecular weight excluding hydrogens is 274 g/mol. The highest BCUT2D eigenvalue weighted by atomic mass is 16.3. The van der Waals surface area contributed by atoms with Gasteiger partial charge in [0.15, 0.2) is 5.76 Å². The summed E-state index contributed by atoms with van der Waals surface area (Å²) in [5.41, 5.74) is 5.40. The van der Waals surface area contributed by atoms with Gasteiger partial charge in [0.1, 0.15) is 0 Å². The van der Waals surface area contributed by atoms with E-state index in [0.717, 1.165) is 6.42 Å². The summed E-state index contributed by atoms with van der Waals surface area (Å²) >= 11 is 0. The average Bonchev–Trinajstić information content (AvgIpc) is 2.94. The Bertz CT molecular complexity index is 626. The van der Waals surface area contributed by atoms with Crippen molar-refractivity contribution in [3.05, 3.63) is 58.5 Å². The van der Waals surface area contributed by atoms with Gasteiger partial charge >= 0.3 is 0 Å². The first kappa shape index (κ1) is 16.3. The Morgan fingerprint density at radius 2 is 1.82 bits per heavy atom. The highest BCUT2D eigenvalue weighted by Crippen LogP contribution is 2.27. The van der Waals surface area contributed by atoms with E-state index in [-0.39, 0.29) is 11.3 Å². The summed E-state index contributed by atoms with van der Waals surface area (Å²) in [6, 6.07) is 7.91. The monoisotopic (exact) mass is 299 g/mol. The van der Waals surface area contributed by atoms with Crippen LogP contribution in [0.15, 0.2) is 34.9 Å². The van der Waals surface area contributed by atoms with Crippen LogP contribution in [0.25, 0.3) is 0 Å². The van der Waals surface area contributed by atoms with Crippen molar-refractivity contribution in [1.29, 1.82) is 0 Å². The zero-order valence-corrected chi connectivity index (χ0v) is 14.1. The predicted molar refractivity (Wildman–Crippen MR) is 89.4 cm³/mol. The van der Waals surface area contributed by atoms with Crippen LogP contribution in [0, 0.1) is 13.8 Å². The first-order valence-corrected chi connectivity index (χ1v) is 7.71. The second-order valence-corrected chi connectivity index (χ2v) is 6.82. The molecule has 22 heavy (non-hydrogen) atoms. The maximum Gasteiger partial charge on any atom is 0.286 e. The highest BCUT2D eigenvalue weighted by Gasteiger charge is 2.16. The lowest BCUT2D eigenvalue weighted by molar-refractivity contribution is 0.0926. The smallest absolute Gasteiger partial charge is 0.286 e. The summed E-state index contributed by atoms with van der Waals surface area (Å²) in [6.45, 7) is 11.6. The molecule has 0 atom stereocenters. The van der Waals surface area contributed by atoms with Crippen LogP contribution < -0.4 is 5.32 Å². The fourth-order valence-electron chi connectivity index (χ4n) is 2.62. The summed E-state index contributed by atoms with van der Waals surface area (Å²) in [5.74, 6) is 0.197. The van der Waals surface area contributed by atoms with E-state index >= 15 is 0 Å². The predicted octanol–water partition coefficient (Wildman–Crippen LogP) is 4.17. The summed E-state index contributed by atoms with van der Waals surface area (Å²) in [6.07, 6.45) is 2.34. The number of hydrogen-bond donors (Lipinski definition) is 1. The minimum absolute atomic E-state index is 0.154. The Morgan fingerprint density at radius 1 is 1.18 bits per heavy atom. The van der Waals surface area contributed by atoms with Crippen molar-refractivity contribution in [3.8, 4) is 0 Å². The standard InChI is InChI=1S/C19H25NO2/c1-13-11-15(19(3,4)5)12-14(2)16(13)8-9-20-18(21)17-7-6-10-22-17/h6-7,10-12H,8-9H2,1-5H3,(H,20,21). The molecular formula is C19H25NO2. The van der Waals surface area contributed by atoms with E-state index in [0.29, 0.717) is 12.3 Å². The minimum Gasteiger partial charge on any atom is -0.459 e. The SMILES string of the molecule is Cc1cc(C(C)(C)C)cc(C)c1CCNC(=O)c1ccco1. The Morgan fingerprint density at radius 3 is 2.32 bits per heavy atom. The Kier molecular flexibility index (Phi) is 4.74. The largest absolute Gasteiger partial charge is 0.459 e. The molecule has 0 aliphatic carbocycles. The van der Waals surface area contributed by atoms with Crippen molar-refractivity contribution in [2.75, 3.05) is 6.54 Å². The van der Waals surface area contributed by atoms with Crippen LogP contribution in [0.1, 0.15) is 53.6 Å². The quantitative estimate of drug-likeness (QED) is 0.920. The Balaban J connectivity index is 2.03. The fraction of sp³-hybridized carbons (Fsp3) is 0.421. The molecule has 0 saturated heterocycles. The number of rotatable bonds is 4. The maximum atomic E-state index is 11.8. The molecule has 118 valence electrons. The Hall–Kier alpha value is -2.03. The number of furan rings is 1. The van der Waals surface area contributed by atoms with Gasteiger partial charge in [0, 0.05) is 6.54 Å². The first-order chi connectivity index (χ1) is 10.3. The number of aryl methyl sites for hydroxylation is 2. The molecule has 3 nitrogen and oxygen atoms in total. The van der Waals surface area contributed by atoms with E-state index in [2.05, 4.69) is 52.1 Å². The van der Waals surface area contributed by atoms with Gasteiger partial charge in [-0.2, -0.15) is 0 Å². The molecule has 0 radical (unpaired) electrons. The molecule has 0 aliphatic heterocycles. The van der Waals surface area contributed by atoms with Crippen LogP contribution in [0.5, 0.6) is 0 Å². The van der Waals surface area contributed by atoms with Crippen molar-refractivity contribution in [1.82, 2.24) is 5.32 Å². The molecule has 1 N–H and O–H groups in total. The van der Waals surface area contributed by atoms with Crippen molar-refractivity contribution < 1.29 is 9.21 Å². The molecule has 1 aromatic carbocycles. The number of hydrogen-bond acceptors (Lipinski definition) is 2. The average molecular weight is 299 g/mol. The van der Waals surface area contributed by atoms with Crippen molar-refractivity contribution in [3.63, 3.8) is 0 Å². The van der Waals surface area contributed by atoms with Gasteiger partial charge in [-0.05, 0) is 60.1 Å². The van der Waals surface area contributed by atoms with E-state index in [1.165, 1.54) is 28.5 Å². The van der Waals surface area contributed by atoms with Gasteiger partial charge in [0.25, 0.3) is 5.91 Å². The third kappa shape index (κ3) is 3.79. The van der Waals surface area contributed by atoms with Gasteiger partial charge in [0.05, 0.1) is 6.26 Å². The van der Waals surface area contributed by atoms with Crippen LogP contribution in [0.3, 0.4) is 0 Å². The second kappa shape index (κ2) is 6.39. The summed E-state index contributed by atoms with van der Waals surface area (Å²) in [4.78, 5) is 11.8. The van der Waals surface area contributed by atoms with Crippen molar-refractivity contribution in [2.45, 2.75) is 46.5 Å². The van der Waals surface area contributed by atoms with E-state index in [9.17, 15) is 4.79 Å². The topological polar surface area (TPSA) is 42.2 Å². The highest BCUT2D eigenvalue weighted by molar-refractivity contribution is 5.91. The van der Waals surface area contributed by atoms with Gasteiger partial charge in [-0.15, -0.1) is 0 Å². The lowest BCUT2D eigenvalue weighted by Gasteiger charge is -2.22. The molecule has 0 aliphatic rings. The van der Waals surface area contributed by atoms with Crippen LogP contribution in [0.4, 0.5) is 0 Å². The van der Waals surface area contributed by atoms with E-state index < -0.39 is 0 Å². The van der Waals surface area contributed by atoms with Gasteiger partial charge < -0.3 is 9.73 Å². The molecule has 1 amide bonds. The second-order valence-electron chi connectivity index (χ2n) is 6.82. The van der Waals surface area contributed by atoms with Gasteiger partial charge in [-0.1, -0.05) is 32.9 Å². The van der Waals surface area contributed by atoms with Crippen LogP contribution in [0.2, 0.25) is 0 Å². The molecule has 2 aromatic rings. The molecule has 0 fully saturated rings. The van der Waals surface area contributed by atoms with Crippen LogP contribution in [-0.2, 0) is 11.8 Å². The number of amides is 1. The maximum absolute atomic E-state index is 11.8. The molecule has 1 aromatic heterocycles. The van der Waals surface area contributed by atoms with Gasteiger partial charge in [-0.3, -0.25) is 4.79 Å². The summed E-state index contributed by atoms with van der Waals surface area (Å²) < 4.78 is 5.09. The van der Waals surface area contributed by atoms with Gasteiger partial charge in [-0.25, -0.2) is 0 Å². The molecule has 0 unspecified atom stereocenters. The minimum atomic E-state index is -0.161. The van der Waals surface area contributed by atoms with Crippen molar-refractivity contribution in [2.24, 2.45) is 0 Å². The Labute approximate surface area is 132 Å². The number of carbonyl (C=O) groups is 1. The van der Waals surface area contributed by atoms with E-state index in [1.807, 2.05) is 0 Å². The third-order valence-corrected chi connectivity index (χ3v) is 3.97. The molecule has 1 heterocycles. The van der Waals surface area contributed by atoms with E-state index in [4.69, 9.17) is 4.42 Å². The lowest BCUT2D eigenvalue weighted by atomic mass is 9.83. The lowest BCUT2D eigenvalue weighted by Crippen LogP contribution is -2.25. The van der Waals surface area contributed by atoms with Crippen LogP contribution >= 0.6 is 0 Å². The number of nitrogens with one attached hydrogen (secondary N) is 1. The van der Waals surface area contributed by atoms with Crippen LogP contribution in [-0.4, -0.2) is 12.5 Å². The molecule has 0 spiro atoms. The molecule has 0 saturated carbocycles. The number of carbonyl (C=O) groups excluding carboxylic acids is 1. The fourth-order valence-corrected chi connectivity index (χ4v) is 2.62. The summed E-state index contributed by atoms with van der Waals surface area (Å²) in [5, 5.41) is 2.90. The molecule has 2 rings (SSSR count). The zero-order chi connectivity index (χ0) is 16.3. The van der Waals surface area contributed by atoms with Gasteiger partial charge in [0.2, 0.25) is 0 Å². The normalized spacial score (nSPS) is 11.5. The van der Waals surface area contributed by atoms with Crippen molar-refractivity contribution >= 4 is 5.91 Å². The summed E-state index contributed by atoms with van der Waals surface area (Å²) in [7, 11) is 0. The molecule has 0 bridgehead atoms.